The average molecular weight is 179 g/mol. The summed E-state index contributed by atoms with van der Waals surface area (Å²) in [6.07, 6.45) is 10.4. The molecule has 0 spiro atoms. The van der Waals surface area contributed by atoms with Crippen molar-refractivity contribution in [1.82, 2.24) is 4.90 Å². The second-order valence-electron chi connectivity index (χ2n) is 3.90. The van der Waals surface area contributed by atoms with Crippen LogP contribution in [0.4, 0.5) is 0 Å². The molecule has 2 aliphatic rings. The third kappa shape index (κ3) is 1.87. The summed E-state index contributed by atoms with van der Waals surface area (Å²) in [6, 6.07) is 0.669. The van der Waals surface area contributed by atoms with Gasteiger partial charge in [-0.3, -0.25) is 4.90 Å². The molecule has 0 bridgehead atoms. The minimum atomic E-state index is 0.506. The van der Waals surface area contributed by atoms with Crippen molar-refractivity contribution >= 4 is 0 Å². The van der Waals surface area contributed by atoms with Gasteiger partial charge in [0.15, 0.2) is 0 Å². The standard InChI is InChI=1S/C11H17NO/c1-2-3-7-12-8-4-5-11-10(12)6-9-13-11/h1,10-11H,3-9H2/t10-,11-/m1/s1. The average Bonchev–Trinajstić information content (AvgIpc) is 2.62. The van der Waals surface area contributed by atoms with Gasteiger partial charge in [-0.15, -0.1) is 12.3 Å². The highest BCUT2D eigenvalue weighted by Crippen LogP contribution is 2.27. The van der Waals surface area contributed by atoms with Gasteiger partial charge < -0.3 is 4.74 Å². The smallest absolute Gasteiger partial charge is 0.0731 e. The first-order valence-electron chi connectivity index (χ1n) is 5.21. The first-order chi connectivity index (χ1) is 6.42. The van der Waals surface area contributed by atoms with Crippen molar-refractivity contribution in [2.75, 3.05) is 19.7 Å². The first kappa shape index (κ1) is 9.05. The lowest BCUT2D eigenvalue weighted by molar-refractivity contribution is 0.0276. The summed E-state index contributed by atoms with van der Waals surface area (Å²) >= 11 is 0. The number of hydrogen-bond donors (Lipinski definition) is 0. The molecule has 2 nitrogen and oxygen atoms in total. The van der Waals surface area contributed by atoms with Crippen LogP contribution in [0.3, 0.4) is 0 Å². The second-order valence-corrected chi connectivity index (χ2v) is 3.90. The van der Waals surface area contributed by atoms with Crippen LogP contribution in [0.5, 0.6) is 0 Å². The normalized spacial score (nSPS) is 34.1. The molecule has 0 aromatic carbocycles. The molecule has 0 unspecified atom stereocenters. The maximum atomic E-state index is 5.67. The van der Waals surface area contributed by atoms with Gasteiger partial charge in [-0.1, -0.05) is 0 Å². The van der Waals surface area contributed by atoms with Crippen molar-refractivity contribution in [2.24, 2.45) is 0 Å². The Labute approximate surface area is 80.2 Å². The van der Waals surface area contributed by atoms with Crippen LogP contribution in [0.15, 0.2) is 0 Å². The van der Waals surface area contributed by atoms with Gasteiger partial charge in [0.2, 0.25) is 0 Å². The lowest BCUT2D eigenvalue weighted by Crippen LogP contribution is -2.45. The zero-order valence-corrected chi connectivity index (χ0v) is 8.04. The summed E-state index contributed by atoms with van der Waals surface area (Å²) in [7, 11) is 0. The quantitative estimate of drug-likeness (QED) is 0.592. The van der Waals surface area contributed by atoms with E-state index < -0.39 is 0 Å². The molecule has 2 heterocycles. The Morgan fingerprint density at radius 1 is 1.46 bits per heavy atom. The van der Waals surface area contributed by atoms with Gasteiger partial charge in [0.1, 0.15) is 0 Å². The molecule has 2 saturated heterocycles. The Kier molecular flexibility index (Phi) is 2.87. The van der Waals surface area contributed by atoms with Gasteiger partial charge in [-0.2, -0.15) is 0 Å². The molecule has 72 valence electrons. The fourth-order valence-electron chi connectivity index (χ4n) is 2.48. The van der Waals surface area contributed by atoms with E-state index >= 15 is 0 Å². The minimum Gasteiger partial charge on any atom is -0.377 e. The Morgan fingerprint density at radius 2 is 2.38 bits per heavy atom. The van der Waals surface area contributed by atoms with E-state index in [1.54, 1.807) is 0 Å². The van der Waals surface area contributed by atoms with Gasteiger partial charge in [0.25, 0.3) is 0 Å². The summed E-state index contributed by atoms with van der Waals surface area (Å²) < 4.78 is 5.67. The Bertz CT molecular complexity index is 209. The molecular weight excluding hydrogens is 162 g/mol. The molecule has 0 N–H and O–H groups in total. The molecule has 0 aromatic heterocycles. The highest BCUT2D eigenvalue weighted by Gasteiger charge is 2.35. The van der Waals surface area contributed by atoms with Crippen molar-refractivity contribution in [1.29, 1.82) is 0 Å². The van der Waals surface area contributed by atoms with Crippen LogP contribution >= 0.6 is 0 Å². The van der Waals surface area contributed by atoms with Crippen LogP contribution in [0.2, 0.25) is 0 Å². The molecule has 2 aliphatic heterocycles. The molecule has 0 radical (unpaired) electrons. The van der Waals surface area contributed by atoms with E-state index in [1.807, 2.05) is 0 Å². The van der Waals surface area contributed by atoms with Crippen molar-refractivity contribution in [3.8, 4) is 12.3 Å². The van der Waals surface area contributed by atoms with E-state index in [2.05, 4.69) is 10.8 Å². The van der Waals surface area contributed by atoms with Crippen LogP contribution in [0.1, 0.15) is 25.7 Å². The number of nitrogens with zero attached hydrogens (tertiary/aromatic N) is 1. The topological polar surface area (TPSA) is 12.5 Å². The number of ether oxygens (including phenoxy) is 1. The third-order valence-corrected chi connectivity index (χ3v) is 3.12. The summed E-state index contributed by atoms with van der Waals surface area (Å²) in [4.78, 5) is 2.51. The zero-order valence-electron chi connectivity index (χ0n) is 8.04. The van der Waals surface area contributed by atoms with Gasteiger partial charge >= 0.3 is 0 Å². The highest BCUT2D eigenvalue weighted by atomic mass is 16.5. The van der Waals surface area contributed by atoms with E-state index in [9.17, 15) is 0 Å². The van der Waals surface area contributed by atoms with Gasteiger partial charge in [-0.25, -0.2) is 0 Å². The number of hydrogen-bond acceptors (Lipinski definition) is 2. The lowest BCUT2D eigenvalue weighted by Gasteiger charge is -2.36. The number of likely N-dealkylation sites (tertiary alicyclic amines) is 1. The van der Waals surface area contributed by atoms with E-state index in [1.165, 1.54) is 25.8 Å². The fourth-order valence-corrected chi connectivity index (χ4v) is 2.48. The molecule has 0 saturated carbocycles. The minimum absolute atomic E-state index is 0.506. The van der Waals surface area contributed by atoms with Gasteiger partial charge in [0.05, 0.1) is 6.10 Å². The number of piperidine rings is 1. The zero-order chi connectivity index (χ0) is 9.10. The van der Waals surface area contributed by atoms with Crippen LogP contribution in [-0.2, 0) is 4.74 Å². The Morgan fingerprint density at radius 3 is 3.23 bits per heavy atom. The number of rotatable bonds is 2. The molecular formula is C11H17NO. The van der Waals surface area contributed by atoms with Crippen LogP contribution in [0.25, 0.3) is 0 Å². The Hall–Kier alpha value is -0.520. The van der Waals surface area contributed by atoms with Gasteiger partial charge in [-0.05, 0) is 25.8 Å². The fraction of sp³-hybridized carbons (Fsp3) is 0.818. The van der Waals surface area contributed by atoms with Crippen LogP contribution in [-0.4, -0.2) is 36.7 Å². The molecule has 2 fully saturated rings. The van der Waals surface area contributed by atoms with Crippen molar-refractivity contribution in [2.45, 2.75) is 37.8 Å². The summed E-state index contributed by atoms with van der Waals surface area (Å²) in [5.74, 6) is 2.71. The monoisotopic (exact) mass is 179 g/mol. The predicted molar refractivity (Wildman–Crippen MR) is 52.4 cm³/mol. The number of terminal acetylenes is 1. The van der Waals surface area contributed by atoms with Crippen molar-refractivity contribution < 1.29 is 4.74 Å². The predicted octanol–water partition coefficient (Wildman–Crippen LogP) is 1.26. The Balaban J connectivity index is 1.90. The van der Waals surface area contributed by atoms with E-state index in [4.69, 9.17) is 11.2 Å². The number of fused-ring (bicyclic) bond motifs is 1. The lowest BCUT2D eigenvalue weighted by atomic mass is 9.98. The molecule has 13 heavy (non-hydrogen) atoms. The highest BCUT2D eigenvalue weighted by molar-refractivity contribution is 4.92. The SMILES string of the molecule is C#CCCN1CCC[C@H]2OCC[C@H]21. The summed E-state index contributed by atoms with van der Waals surface area (Å²) in [5.41, 5.74) is 0. The molecule has 0 aliphatic carbocycles. The van der Waals surface area contributed by atoms with Crippen LogP contribution in [0, 0.1) is 12.3 Å². The first-order valence-corrected chi connectivity index (χ1v) is 5.21. The van der Waals surface area contributed by atoms with Crippen molar-refractivity contribution in [3.63, 3.8) is 0 Å². The molecule has 0 amide bonds. The third-order valence-electron chi connectivity index (χ3n) is 3.12. The van der Waals surface area contributed by atoms with E-state index in [0.29, 0.717) is 12.1 Å². The van der Waals surface area contributed by atoms with Crippen LogP contribution < -0.4 is 0 Å². The van der Waals surface area contributed by atoms with E-state index in [0.717, 1.165) is 19.6 Å². The van der Waals surface area contributed by atoms with E-state index in [-0.39, 0.29) is 0 Å². The summed E-state index contributed by atoms with van der Waals surface area (Å²) in [6.45, 7) is 3.22. The van der Waals surface area contributed by atoms with Crippen molar-refractivity contribution in [3.05, 3.63) is 0 Å². The largest absolute Gasteiger partial charge is 0.377 e. The molecule has 2 heteroatoms. The maximum Gasteiger partial charge on any atom is 0.0731 e. The summed E-state index contributed by atoms with van der Waals surface area (Å²) in [5, 5.41) is 0. The molecule has 0 aromatic rings. The van der Waals surface area contributed by atoms with Gasteiger partial charge in [0, 0.05) is 25.6 Å². The second kappa shape index (κ2) is 4.13. The molecule has 2 rings (SSSR count). The maximum absolute atomic E-state index is 5.67. The molecule has 2 atom stereocenters.